The summed E-state index contributed by atoms with van der Waals surface area (Å²) in [7, 11) is 2.05. The van der Waals surface area contributed by atoms with Crippen LogP contribution in [-0.2, 0) is 13.1 Å². The van der Waals surface area contributed by atoms with E-state index in [-0.39, 0.29) is 17.6 Å². The second-order valence-electron chi connectivity index (χ2n) is 9.32. The Hall–Kier alpha value is -3.91. The largest absolute Gasteiger partial charge is 0.493 e. The summed E-state index contributed by atoms with van der Waals surface area (Å²) in [4.78, 5) is 17.1. The number of carbonyl (C=O) groups excluding carboxylic acids is 1. The molecule has 0 spiro atoms. The number of aromatic nitrogens is 2. The summed E-state index contributed by atoms with van der Waals surface area (Å²) in [6.07, 6.45) is 3.56. The number of piperidine rings is 1. The van der Waals surface area contributed by atoms with Gasteiger partial charge < -0.3 is 18.7 Å². The number of benzene rings is 2. The summed E-state index contributed by atoms with van der Waals surface area (Å²) >= 11 is 0. The second-order valence-corrected chi connectivity index (χ2v) is 9.32. The van der Waals surface area contributed by atoms with Crippen molar-refractivity contribution in [2.24, 2.45) is 5.92 Å². The smallest absolute Gasteiger partial charge is 0.292 e. The molecule has 1 amide bonds. The van der Waals surface area contributed by atoms with E-state index in [0.29, 0.717) is 25.4 Å². The molecule has 36 heavy (non-hydrogen) atoms. The van der Waals surface area contributed by atoms with Gasteiger partial charge in [0.2, 0.25) is 5.76 Å². The molecular weight excluding hydrogens is 456 g/mol. The molecule has 0 saturated carbocycles. The molecular formula is C28H30N4O4. The molecule has 0 aliphatic carbocycles. The van der Waals surface area contributed by atoms with Gasteiger partial charge in [0.05, 0.1) is 12.3 Å². The number of rotatable bonds is 9. The molecule has 8 heteroatoms. The van der Waals surface area contributed by atoms with Crippen LogP contribution in [0.5, 0.6) is 5.75 Å². The van der Waals surface area contributed by atoms with Crippen LogP contribution >= 0.6 is 0 Å². The molecule has 0 radical (unpaired) electrons. The van der Waals surface area contributed by atoms with E-state index >= 15 is 0 Å². The minimum absolute atomic E-state index is 0.117. The van der Waals surface area contributed by atoms with Crippen LogP contribution < -0.4 is 4.74 Å². The first-order valence-corrected chi connectivity index (χ1v) is 12.2. The highest BCUT2D eigenvalue weighted by molar-refractivity contribution is 5.92. The third kappa shape index (κ3) is 6.01. The molecule has 1 aliphatic heterocycles. The molecule has 0 bridgehead atoms. The lowest BCUT2D eigenvalue weighted by molar-refractivity contribution is 0.0593. The Labute approximate surface area is 210 Å². The lowest BCUT2D eigenvalue weighted by Crippen LogP contribution is -2.41. The average molecular weight is 487 g/mol. The molecule has 2 aromatic carbocycles. The summed E-state index contributed by atoms with van der Waals surface area (Å²) in [6.45, 7) is 3.47. The van der Waals surface area contributed by atoms with E-state index in [1.165, 1.54) is 5.56 Å². The normalized spacial score (nSPS) is 15.8. The van der Waals surface area contributed by atoms with Gasteiger partial charge in [-0.15, -0.1) is 0 Å². The number of hydrogen-bond donors (Lipinski definition) is 0. The van der Waals surface area contributed by atoms with Crippen molar-refractivity contribution >= 4 is 5.91 Å². The van der Waals surface area contributed by atoms with Crippen molar-refractivity contribution in [2.75, 3.05) is 26.7 Å². The maximum absolute atomic E-state index is 13.0. The molecule has 1 fully saturated rings. The Morgan fingerprint density at radius 1 is 1.08 bits per heavy atom. The van der Waals surface area contributed by atoms with E-state index in [2.05, 4.69) is 34.4 Å². The number of nitrogens with zero attached hydrogens (tertiary/aromatic N) is 4. The Bertz CT molecular complexity index is 1240. The van der Waals surface area contributed by atoms with Crippen LogP contribution in [0, 0.1) is 5.92 Å². The number of carbonyl (C=O) groups is 1. The van der Waals surface area contributed by atoms with Crippen molar-refractivity contribution in [2.45, 2.75) is 25.9 Å². The van der Waals surface area contributed by atoms with E-state index in [0.717, 1.165) is 42.9 Å². The third-order valence-electron chi connectivity index (χ3n) is 6.38. The van der Waals surface area contributed by atoms with Gasteiger partial charge in [0.15, 0.2) is 0 Å². The zero-order valence-corrected chi connectivity index (χ0v) is 20.4. The van der Waals surface area contributed by atoms with Crippen LogP contribution in [0.4, 0.5) is 0 Å². The molecule has 4 aromatic rings. The van der Waals surface area contributed by atoms with E-state index in [1.807, 2.05) is 53.4 Å². The Morgan fingerprint density at radius 2 is 1.92 bits per heavy atom. The lowest BCUT2D eigenvalue weighted by Gasteiger charge is -2.32. The standard InChI is InChI=1S/C28H30N4O4/c1-31(19-24-13-15-35-29-24)17-21-9-11-25(12-10-21)34-20-22-6-5-14-32(18-22)28(33)27-16-26(30-36-27)23-7-3-2-4-8-23/h2-4,7-13,15-16,22H,5-6,14,17-20H2,1H3. The fourth-order valence-corrected chi connectivity index (χ4v) is 4.53. The van der Waals surface area contributed by atoms with Gasteiger partial charge in [-0.05, 0) is 37.6 Å². The van der Waals surface area contributed by atoms with Crippen LogP contribution in [0.2, 0.25) is 0 Å². The number of ether oxygens (including phenoxy) is 1. The van der Waals surface area contributed by atoms with Crippen molar-refractivity contribution in [3.8, 4) is 17.0 Å². The predicted molar refractivity (Wildman–Crippen MR) is 134 cm³/mol. The van der Waals surface area contributed by atoms with Crippen LogP contribution in [0.15, 0.2) is 82.0 Å². The predicted octanol–water partition coefficient (Wildman–Crippen LogP) is 4.89. The fraction of sp³-hybridized carbons (Fsp3) is 0.321. The third-order valence-corrected chi connectivity index (χ3v) is 6.38. The van der Waals surface area contributed by atoms with E-state index in [1.54, 1.807) is 12.3 Å². The molecule has 1 saturated heterocycles. The molecule has 5 rings (SSSR count). The molecule has 1 atom stereocenters. The molecule has 1 unspecified atom stereocenters. The fourth-order valence-electron chi connectivity index (χ4n) is 4.53. The first kappa shape index (κ1) is 23.8. The average Bonchev–Trinajstić information content (AvgIpc) is 3.61. The first-order valence-electron chi connectivity index (χ1n) is 12.2. The van der Waals surface area contributed by atoms with Gasteiger partial charge in [0.25, 0.3) is 5.91 Å². The minimum Gasteiger partial charge on any atom is -0.493 e. The van der Waals surface area contributed by atoms with Crippen LogP contribution in [0.25, 0.3) is 11.3 Å². The molecule has 0 N–H and O–H groups in total. The molecule has 186 valence electrons. The topological polar surface area (TPSA) is 84.8 Å². The van der Waals surface area contributed by atoms with Gasteiger partial charge in [0.1, 0.15) is 17.7 Å². The van der Waals surface area contributed by atoms with E-state index in [4.69, 9.17) is 13.8 Å². The number of amides is 1. The molecule has 2 aromatic heterocycles. The van der Waals surface area contributed by atoms with Crippen molar-refractivity contribution in [1.82, 2.24) is 20.1 Å². The lowest BCUT2D eigenvalue weighted by atomic mass is 9.98. The van der Waals surface area contributed by atoms with Gasteiger partial charge in [0, 0.05) is 49.8 Å². The van der Waals surface area contributed by atoms with Crippen molar-refractivity contribution < 1.29 is 18.6 Å². The second kappa shape index (κ2) is 11.2. The van der Waals surface area contributed by atoms with Gasteiger partial charge >= 0.3 is 0 Å². The Balaban J connectivity index is 1.11. The number of likely N-dealkylation sites (tertiary alicyclic amines) is 1. The highest BCUT2D eigenvalue weighted by Gasteiger charge is 2.27. The van der Waals surface area contributed by atoms with Crippen molar-refractivity contribution in [1.29, 1.82) is 0 Å². The van der Waals surface area contributed by atoms with E-state index in [9.17, 15) is 4.79 Å². The van der Waals surface area contributed by atoms with Crippen molar-refractivity contribution in [3.05, 3.63) is 90.0 Å². The maximum atomic E-state index is 13.0. The van der Waals surface area contributed by atoms with Gasteiger partial charge in [-0.1, -0.05) is 52.8 Å². The highest BCUT2D eigenvalue weighted by Crippen LogP contribution is 2.23. The minimum atomic E-state index is -0.117. The van der Waals surface area contributed by atoms with Gasteiger partial charge in [-0.2, -0.15) is 0 Å². The van der Waals surface area contributed by atoms with Crippen LogP contribution in [0.3, 0.4) is 0 Å². The summed E-state index contributed by atoms with van der Waals surface area (Å²) in [6, 6.07) is 21.5. The summed E-state index contributed by atoms with van der Waals surface area (Å²) in [5.41, 5.74) is 3.71. The molecule has 8 nitrogen and oxygen atoms in total. The van der Waals surface area contributed by atoms with Crippen LogP contribution in [0.1, 0.15) is 34.7 Å². The summed E-state index contributed by atoms with van der Waals surface area (Å²) in [5, 5.41) is 8.04. The SMILES string of the molecule is CN(Cc1ccc(OCC2CCCN(C(=O)c3cc(-c4ccccc4)no3)C2)cc1)Cc1ccon1. The molecule has 3 heterocycles. The zero-order chi connectivity index (χ0) is 24.7. The maximum Gasteiger partial charge on any atom is 0.292 e. The zero-order valence-electron chi connectivity index (χ0n) is 20.4. The Kier molecular flexibility index (Phi) is 7.42. The first-order chi connectivity index (χ1) is 17.6. The highest BCUT2D eigenvalue weighted by atomic mass is 16.5. The quantitative estimate of drug-likeness (QED) is 0.333. The van der Waals surface area contributed by atoms with Gasteiger partial charge in [-0.25, -0.2) is 0 Å². The monoisotopic (exact) mass is 486 g/mol. The van der Waals surface area contributed by atoms with Crippen molar-refractivity contribution in [3.63, 3.8) is 0 Å². The molecule has 1 aliphatic rings. The summed E-state index contributed by atoms with van der Waals surface area (Å²) < 4.78 is 16.4. The summed E-state index contributed by atoms with van der Waals surface area (Å²) in [5.74, 6) is 1.27. The van der Waals surface area contributed by atoms with Gasteiger partial charge in [-0.3, -0.25) is 9.69 Å². The Morgan fingerprint density at radius 3 is 2.69 bits per heavy atom. The van der Waals surface area contributed by atoms with E-state index < -0.39 is 0 Å². The van der Waals surface area contributed by atoms with Crippen LogP contribution in [-0.4, -0.2) is 52.8 Å². The number of hydrogen-bond acceptors (Lipinski definition) is 7.